The summed E-state index contributed by atoms with van der Waals surface area (Å²) in [4.78, 5) is 1.77. The van der Waals surface area contributed by atoms with E-state index in [1.807, 2.05) is 18.2 Å². The van der Waals surface area contributed by atoms with Crippen LogP contribution in [0.2, 0.25) is 0 Å². The van der Waals surface area contributed by atoms with E-state index in [1.54, 1.807) is 12.0 Å². The van der Waals surface area contributed by atoms with Crippen molar-refractivity contribution in [3.8, 4) is 11.5 Å². The third kappa shape index (κ3) is 5.86. The van der Waals surface area contributed by atoms with Gasteiger partial charge in [-0.3, -0.25) is 0 Å². The molecule has 1 saturated heterocycles. The fraction of sp³-hybridized carbons (Fsp3) is 0.619. The van der Waals surface area contributed by atoms with Crippen LogP contribution in [0.3, 0.4) is 0 Å². The van der Waals surface area contributed by atoms with Crippen molar-refractivity contribution in [3.63, 3.8) is 0 Å². The summed E-state index contributed by atoms with van der Waals surface area (Å²) in [6, 6.07) is 6.13. The number of methoxy groups -OCH3 is 1. The largest absolute Gasteiger partial charge is 0.493 e. The number of unbranched alkanes of at least 4 members (excludes halogenated alkanes) is 1. The van der Waals surface area contributed by atoms with E-state index in [-0.39, 0.29) is 0 Å². The van der Waals surface area contributed by atoms with Gasteiger partial charge in [-0.1, -0.05) is 26.0 Å². The molecule has 0 bridgehead atoms. The van der Waals surface area contributed by atoms with Crippen molar-refractivity contribution in [1.82, 2.24) is 0 Å². The molecule has 24 heavy (non-hydrogen) atoms. The van der Waals surface area contributed by atoms with E-state index in [4.69, 9.17) is 9.47 Å². The van der Waals surface area contributed by atoms with Crippen LogP contribution in [0.5, 0.6) is 11.5 Å². The van der Waals surface area contributed by atoms with Crippen LogP contribution < -0.4 is 14.4 Å². The van der Waals surface area contributed by atoms with Crippen molar-refractivity contribution in [3.05, 3.63) is 36.4 Å². The highest BCUT2D eigenvalue weighted by molar-refractivity contribution is 5.43. The molecule has 3 nitrogen and oxygen atoms in total. The Labute approximate surface area is 147 Å². The van der Waals surface area contributed by atoms with Crippen molar-refractivity contribution in [2.24, 2.45) is 11.8 Å². The number of quaternary nitrogens is 1. The fourth-order valence-electron chi connectivity index (χ4n) is 3.91. The number of benzene rings is 1. The van der Waals surface area contributed by atoms with Gasteiger partial charge in [0.1, 0.15) is 0 Å². The minimum atomic E-state index is 0.759. The molecule has 2 rings (SSSR count). The molecule has 1 heterocycles. The van der Waals surface area contributed by atoms with Crippen molar-refractivity contribution >= 4 is 0 Å². The average molecular weight is 333 g/mol. The Balaban J connectivity index is 1.71. The number of hydrogen-bond acceptors (Lipinski definition) is 2. The Bertz CT molecular complexity index is 505. The van der Waals surface area contributed by atoms with Gasteiger partial charge in [0.25, 0.3) is 0 Å². The summed E-state index contributed by atoms with van der Waals surface area (Å²) >= 11 is 0. The summed E-state index contributed by atoms with van der Waals surface area (Å²) < 4.78 is 11.4. The summed E-state index contributed by atoms with van der Waals surface area (Å²) in [6.07, 6.45) is 6.48. The van der Waals surface area contributed by atoms with E-state index < -0.39 is 0 Å². The molecule has 0 spiro atoms. The molecule has 1 aromatic rings. The smallest absolute Gasteiger partial charge is 0.161 e. The molecule has 1 aromatic carbocycles. The van der Waals surface area contributed by atoms with Crippen LogP contribution in [0.1, 0.15) is 38.7 Å². The highest BCUT2D eigenvalue weighted by Gasteiger charge is 2.24. The summed E-state index contributed by atoms with van der Waals surface area (Å²) in [7, 11) is 1.70. The van der Waals surface area contributed by atoms with E-state index >= 15 is 0 Å². The first-order valence-corrected chi connectivity index (χ1v) is 9.36. The van der Waals surface area contributed by atoms with Gasteiger partial charge in [0.05, 0.1) is 33.4 Å². The zero-order valence-corrected chi connectivity index (χ0v) is 15.6. The van der Waals surface area contributed by atoms with E-state index in [0.717, 1.165) is 42.8 Å². The number of rotatable bonds is 9. The van der Waals surface area contributed by atoms with Gasteiger partial charge < -0.3 is 14.4 Å². The topological polar surface area (TPSA) is 22.9 Å². The molecule has 0 aliphatic carbocycles. The van der Waals surface area contributed by atoms with Gasteiger partial charge in [0, 0.05) is 11.8 Å². The van der Waals surface area contributed by atoms with Crippen LogP contribution in [0.4, 0.5) is 0 Å². The van der Waals surface area contributed by atoms with Gasteiger partial charge in [0.15, 0.2) is 11.5 Å². The molecule has 134 valence electrons. The van der Waals surface area contributed by atoms with Gasteiger partial charge in [-0.25, -0.2) is 0 Å². The molecule has 1 aliphatic rings. The Morgan fingerprint density at radius 2 is 1.92 bits per heavy atom. The number of allylic oxidation sites excluding steroid dienone is 1. The molecular formula is C21H34NO2+. The highest BCUT2D eigenvalue weighted by atomic mass is 16.5. The van der Waals surface area contributed by atoms with Gasteiger partial charge in [-0.15, -0.1) is 6.58 Å². The van der Waals surface area contributed by atoms with Crippen molar-refractivity contribution in [2.45, 2.75) is 39.5 Å². The monoisotopic (exact) mass is 332 g/mol. The molecular weight excluding hydrogens is 298 g/mol. The molecule has 0 radical (unpaired) electrons. The number of ether oxygens (including phenoxy) is 2. The van der Waals surface area contributed by atoms with Crippen LogP contribution in [0.25, 0.3) is 0 Å². The van der Waals surface area contributed by atoms with Gasteiger partial charge in [-0.05, 0) is 43.4 Å². The second-order valence-electron chi connectivity index (χ2n) is 7.39. The lowest BCUT2D eigenvalue weighted by atomic mass is 9.92. The van der Waals surface area contributed by atoms with Crippen LogP contribution >= 0.6 is 0 Å². The molecule has 0 aromatic heterocycles. The second kappa shape index (κ2) is 9.73. The minimum absolute atomic E-state index is 0.759. The third-order valence-electron chi connectivity index (χ3n) is 4.87. The lowest BCUT2D eigenvalue weighted by Gasteiger charge is -2.32. The first-order valence-electron chi connectivity index (χ1n) is 9.36. The van der Waals surface area contributed by atoms with Gasteiger partial charge in [-0.2, -0.15) is 0 Å². The van der Waals surface area contributed by atoms with Crippen LogP contribution in [-0.4, -0.2) is 33.4 Å². The standard InChI is InChI=1S/C21H33NO2/c1-5-8-19-9-10-20(21(14-19)23-4)24-12-7-6-11-22-15-17(2)13-18(3)16-22/h5,9-10,14,17-18H,1,6-8,11-13,15-16H2,2-4H3/p+1/t17-,18-/m0/s1. The van der Waals surface area contributed by atoms with E-state index in [9.17, 15) is 0 Å². The van der Waals surface area contributed by atoms with Crippen molar-refractivity contribution in [2.75, 3.05) is 33.4 Å². The first kappa shape index (κ1) is 18.9. The summed E-state index contributed by atoms with van der Waals surface area (Å²) in [6.45, 7) is 13.3. The molecule has 0 saturated carbocycles. The number of nitrogens with one attached hydrogen (secondary N) is 1. The fourth-order valence-corrected chi connectivity index (χ4v) is 3.91. The molecule has 1 fully saturated rings. The first-order chi connectivity index (χ1) is 11.6. The van der Waals surface area contributed by atoms with E-state index in [1.165, 1.54) is 38.0 Å². The quantitative estimate of drug-likeness (QED) is 0.554. The Morgan fingerprint density at radius 1 is 1.17 bits per heavy atom. The summed E-state index contributed by atoms with van der Waals surface area (Å²) in [5.41, 5.74) is 1.20. The summed E-state index contributed by atoms with van der Waals surface area (Å²) in [5.74, 6) is 3.41. The molecule has 0 amide bonds. The normalized spacial score (nSPS) is 23.7. The van der Waals surface area contributed by atoms with E-state index in [0.29, 0.717) is 0 Å². The number of piperidine rings is 1. The van der Waals surface area contributed by atoms with Crippen LogP contribution in [-0.2, 0) is 6.42 Å². The van der Waals surface area contributed by atoms with Crippen LogP contribution in [0, 0.1) is 11.8 Å². The molecule has 1 aliphatic heterocycles. The second-order valence-corrected chi connectivity index (χ2v) is 7.39. The minimum Gasteiger partial charge on any atom is -0.493 e. The molecule has 0 unspecified atom stereocenters. The predicted octanol–water partition coefficient (Wildman–Crippen LogP) is 3.14. The van der Waals surface area contributed by atoms with Gasteiger partial charge in [0.2, 0.25) is 0 Å². The maximum atomic E-state index is 5.93. The third-order valence-corrected chi connectivity index (χ3v) is 4.87. The Hall–Kier alpha value is -1.48. The maximum Gasteiger partial charge on any atom is 0.161 e. The Kier molecular flexibility index (Phi) is 7.64. The zero-order chi connectivity index (χ0) is 17.4. The van der Waals surface area contributed by atoms with Crippen LogP contribution in [0.15, 0.2) is 30.9 Å². The van der Waals surface area contributed by atoms with Gasteiger partial charge >= 0.3 is 0 Å². The SMILES string of the molecule is C=CCc1ccc(OCCCC[NH+]2C[C@@H](C)C[C@H](C)C2)c(OC)c1. The Morgan fingerprint density at radius 3 is 2.58 bits per heavy atom. The average Bonchev–Trinajstić information content (AvgIpc) is 2.55. The molecule has 1 N–H and O–H groups in total. The van der Waals surface area contributed by atoms with Crippen molar-refractivity contribution in [1.29, 1.82) is 0 Å². The number of likely N-dealkylation sites (tertiary alicyclic amines) is 1. The number of hydrogen-bond donors (Lipinski definition) is 1. The van der Waals surface area contributed by atoms with Crippen molar-refractivity contribution < 1.29 is 14.4 Å². The molecule has 2 atom stereocenters. The highest BCUT2D eigenvalue weighted by Crippen LogP contribution is 2.28. The lowest BCUT2D eigenvalue weighted by Crippen LogP contribution is -3.14. The predicted molar refractivity (Wildman–Crippen MR) is 100 cm³/mol. The lowest BCUT2D eigenvalue weighted by molar-refractivity contribution is -0.912. The van der Waals surface area contributed by atoms with E-state index in [2.05, 4.69) is 26.5 Å². The zero-order valence-electron chi connectivity index (χ0n) is 15.6. The molecule has 3 heteroatoms. The maximum absolute atomic E-state index is 5.93. The summed E-state index contributed by atoms with van der Waals surface area (Å²) in [5, 5.41) is 0.